The topological polar surface area (TPSA) is 61.4 Å². The molecule has 0 radical (unpaired) electrons. The van der Waals surface area contributed by atoms with E-state index < -0.39 is 11.7 Å². The number of carbonyl (C=O) groups is 2. The van der Waals surface area contributed by atoms with E-state index in [-0.39, 0.29) is 11.6 Å². The zero-order valence-electron chi connectivity index (χ0n) is 11.9. The summed E-state index contributed by atoms with van der Waals surface area (Å²) in [5.41, 5.74) is 0.0404. The third-order valence-corrected chi connectivity index (χ3v) is 3.43. The molecule has 21 heavy (non-hydrogen) atoms. The molecule has 1 saturated heterocycles. The summed E-state index contributed by atoms with van der Waals surface area (Å²) in [6.07, 6.45) is 2.73. The molecule has 1 aliphatic rings. The molecule has 2 rings (SSSR count). The van der Waals surface area contributed by atoms with E-state index in [9.17, 15) is 14.0 Å². The Bertz CT molecular complexity index is 501. The molecule has 0 saturated carbocycles. The lowest BCUT2D eigenvalue weighted by molar-refractivity contribution is 0.0949. The summed E-state index contributed by atoms with van der Waals surface area (Å²) < 4.78 is 13.4. The molecule has 5 nitrogen and oxygen atoms in total. The van der Waals surface area contributed by atoms with E-state index in [1.807, 2.05) is 0 Å². The predicted molar refractivity (Wildman–Crippen MR) is 77.6 cm³/mol. The number of likely N-dealkylation sites (tertiary alicyclic amines) is 1. The zero-order chi connectivity index (χ0) is 15.1. The van der Waals surface area contributed by atoms with Gasteiger partial charge < -0.3 is 15.5 Å². The Balaban J connectivity index is 1.62. The molecule has 1 aromatic rings. The second kappa shape index (κ2) is 7.61. The zero-order valence-corrected chi connectivity index (χ0v) is 11.9. The number of rotatable bonds is 5. The molecule has 0 bridgehead atoms. The van der Waals surface area contributed by atoms with Gasteiger partial charge in [0.25, 0.3) is 5.91 Å². The maximum Gasteiger partial charge on any atom is 0.317 e. The minimum absolute atomic E-state index is 0.0404. The number of nitrogens with zero attached hydrogens (tertiary/aromatic N) is 1. The van der Waals surface area contributed by atoms with Crippen LogP contribution in [0.2, 0.25) is 0 Å². The van der Waals surface area contributed by atoms with Crippen molar-refractivity contribution >= 4 is 11.9 Å². The van der Waals surface area contributed by atoms with Gasteiger partial charge in [0.05, 0.1) is 5.56 Å². The van der Waals surface area contributed by atoms with Crippen LogP contribution in [0.3, 0.4) is 0 Å². The molecule has 1 heterocycles. The lowest BCUT2D eigenvalue weighted by Crippen LogP contribution is -2.39. The Hall–Kier alpha value is -2.11. The maximum atomic E-state index is 13.4. The van der Waals surface area contributed by atoms with E-state index in [0.717, 1.165) is 25.9 Å². The van der Waals surface area contributed by atoms with Crippen LogP contribution >= 0.6 is 0 Å². The highest BCUT2D eigenvalue weighted by molar-refractivity contribution is 5.94. The number of hydrogen-bond donors (Lipinski definition) is 2. The predicted octanol–water partition coefficient (Wildman–Crippen LogP) is 1.75. The lowest BCUT2D eigenvalue weighted by Gasteiger charge is -2.16. The first-order valence-electron chi connectivity index (χ1n) is 7.24. The van der Waals surface area contributed by atoms with Gasteiger partial charge in [0.1, 0.15) is 5.82 Å². The quantitative estimate of drug-likeness (QED) is 0.813. The van der Waals surface area contributed by atoms with Crippen LogP contribution in [0.1, 0.15) is 29.6 Å². The molecule has 1 fully saturated rings. The Kier molecular flexibility index (Phi) is 5.54. The number of carbonyl (C=O) groups excluding carboxylic acids is 2. The molecule has 0 aromatic heterocycles. The molecule has 6 heteroatoms. The van der Waals surface area contributed by atoms with E-state index in [2.05, 4.69) is 10.6 Å². The second-order valence-electron chi connectivity index (χ2n) is 5.02. The van der Waals surface area contributed by atoms with E-state index in [1.54, 1.807) is 17.0 Å². The van der Waals surface area contributed by atoms with Gasteiger partial charge in [0.15, 0.2) is 0 Å². The molecule has 0 aliphatic carbocycles. The van der Waals surface area contributed by atoms with Crippen molar-refractivity contribution in [1.29, 1.82) is 0 Å². The summed E-state index contributed by atoms with van der Waals surface area (Å²) >= 11 is 0. The van der Waals surface area contributed by atoms with Crippen LogP contribution in [0.4, 0.5) is 9.18 Å². The first-order valence-corrected chi connectivity index (χ1v) is 7.24. The van der Waals surface area contributed by atoms with E-state index in [4.69, 9.17) is 0 Å². The van der Waals surface area contributed by atoms with E-state index in [1.165, 1.54) is 12.1 Å². The van der Waals surface area contributed by atoms with Gasteiger partial charge in [-0.3, -0.25) is 4.79 Å². The molecule has 1 aliphatic heterocycles. The third-order valence-electron chi connectivity index (χ3n) is 3.43. The number of nitrogens with one attached hydrogen (secondary N) is 2. The highest BCUT2D eigenvalue weighted by Crippen LogP contribution is 2.07. The normalized spacial score (nSPS) is 14.0. The number of amides is 3. The summed E-state index contributed by atoms with van der Waals surface area (Å²) in [5, 5.41) is 5.45. The van der Waals surface area contributed by atoms with Gasteiger partial charge >= 0.3 is 6.03 Å². The summed E-state index contributed by atoms with van der Waals surface area (Å²) in [7, 11) is 0. The van der Waals surface area contributed by atoms with Gasteiger partial charge in [0.2, 0.25) is 0 Å². The number of urea groups is 1. The van der Waals surface area contributed by atoms with Gasteiger partial charge in [-0.2, -0.15) is 0 Å². The fraction of sp³-hybridized carbons (Fsp3) is 0.467. The highest BCUT2D eigenvalue weighted by atomic mass is 19.1. The van der Waals surface area contributed by atoms with Crippen molar-refractivity contribution < 1.29 is 14.0 Å². The minimum Gasteiger partial charge on any atom is -0.352 e. The van der Waals surface area contributed by atoms with Gasteiger partial charge in [-0.05, 0) is 31.4 Å². The van der Waals surface area contributed by atoms with Gasteiger partial charge in [-0.15, -0.1) is 0 Å². The molecule has 2 N–H and O–H groups in total. The first-order chi connectivity index (χ1) is 10.2. The molecule has 0 unspecified atom stereocenters. The van der Waals surface area contributed by atoms with Crippen molar-refractivity contribution in [2.75, 3.05) is 26.2 Å². The summed E-state index contributed by atoms with van der Waals surface area (Å²) in [5.74, 6) is -0.962. The smallest absolute Gasteiger partial charge is 0.317 e. The van der Waals surface area contributed by atoms with Crippen LogP contribution in [0.25, 0.3) is 0 Å². The Labute approximate surface area is 123 Å². The highest BCUT2D eigenvalue weighted by Gasteiger charge is 2.16. The average molecular weight is 293 g/mol. The van der Waals surface area contributed by atoms with Crippen molar-refractivity contribution in [1.82, 2.24) is 15.5 Å². The number of halogens is 1. The maximum absolute atomic E-state index is 13.4. The van der Waals surface area contributed by atoms with Crippen LogP contribution in [0.15, 0.2) is 24.3 Å². The van der Waals surface area contributed by atoms with Crippen molar-refractivity contribution in [3.63, 3.8) is 0 Å². The van der Waals surface area contributed by atoms with Crippen LogP contribution in [0.5, 0.6) is 0 Å². The first kappa shape index (κ1) is 15.3. The molecular formula is C15H20FN3O2. The van der Waals surface area contributed by atoms with Crippen molar-refractivity contribution in [3.05, 3.63) is 35.6 Å². The van der Waals surface area contributed by atoms with Gasteiger partial charge in [-0.25, -0.2) is 9.18 Å². The summed E-state index contributed by atoms with van der Waals surface area (Å²) in [4.78, 5) is 25.2. The Morgan fingerprint density at radius 3 is 2.48 bits per heavy atom. The number of hydrogen-bond acceptors (Lipinski definition) is 2. The molecule has 0 spiro atoms. The van der Waals surface area contributed by atoms with E-state index in [0.29, 0.717) is 19.5 Å². The lowest BCUT2D eigenvalue weighted by atomic mass is 10.2. The molecule has 1 aromatic carbocycles. The molecule has 114 valence electrons. The summed E-state index contributed by atoms with van der Waals surface area (Å²) in [6.45, 7) is 2.52. The monoisotopic (exact) mass is 293 g/mol. The minimum atomic E-state index is -0.530. The van der Waals surface area contributed by atoms with Crippen molar-refractivity contribution in [2.24, 2.45) is 0 Å². The van der Waals surface area contributed by atoms with Crippen molar-refractivity contribution in [2.45, 2.75) is 19.3 Å². The van der Waals surface area contributed by atoms with Crippen LogP contribution in [-0.2, 0) is 0 Å². The largest absolute Gasteiger partial charge is 0.352 e. The Morgan fingerprint density at radius 2 is 1.76 bits per heavy atom. The van der Waals surface area contributed by atoms with Crippen molar-refractivity contribution in [3.8, 4) is 0 Å². The SMILES string of the molecule is O=C(NCCCNC(=O)N1CCCC1)c1ccccc1F. The summed E-state index contributed by atoms with van der Waals surface area (Å²) in [6, 6.07) is 5.81. The fourth-order valence-electron chi connectivity index (χ4n) is 2.26. The van der Waals surface area contributed by atoms with Gasteiger partial charge in [0, 0.05) is 26.2 Å². The molecule has 3 amide bonds. The molecular weight excluding hydrogens is 273 g/mol. The second-order valence-corrected chi connectivity index (χ2v) is 5.02. The third kappa shape index (κ3) is 4.44. The van der Waals surface area contributed by atoms with Crippen LogP contribution in [0, 0.1) is 5.82 Å². The van der Waals surface area contributed by atoms with Gasteiger partial charge in [-0.1, -0.05) is 12.1 Å². The number of benzene rings is 1. The standard InChI is InChI=1S/C15H20FN3O2/c16-13-7-2-1-6-12(13)14(20)17-8-5-9-18-15(21)19-10-3-4-11-19/h1-2,6-7H,3-5,8-11H2,(H,17,20)(H,18,21). The van der Waals surface area contributed by atoms with E-state index >= 15 is 0 Å². The fourth-order valence-corrected chi connectivity index (χ4v) is 2.26. The van der Waals surface area contributed by atoms with Crippen LogP contribution < -0.4 is 10.6 Å². The average Bonchev–Trinajstić information content (AvgIpc) is 3.01. The molecule has 0 atom stereocenters. The van der Waals surface area contributed by atoms with Crippen LogP contribution in [-0.4, -0.2) is 43.0 Å². The Morgan fingerprint density at radius 1 is 1.10 bits per heavy atom.